The van der Waals surface area contributed by atoms with Crippen molar-refractivity contribution >= 4 is 0 Å². The molecule has 114 valence electrons. The molecule has 2 aromatic rings. The molecule has 0 bridgehead atoms. The second-order valence-electron chi connectivity index (χ2n) is 5.62. The Balaban J connectivity index is 2.22. The first-order chi connectivity index (χ1) is 10.1. The molecule has 21 heavy (non-hydrogen) atoms. The van der Waals surface area contributed by atoms with Crippen LogP contribution in [0.25, 0.3) is 0 Å². The maximum absolute atomic E-state index is 4.70. The molecular formula is C18H27N3. The number of nitrogens with zero attached hydrogens (tertiary/aromatic N) is 2. The molecule has 1 heterocycles. The van der Waals surface area contributed by atoms with E-state index in [9.17, 15) is 0 Å². The first kappa shape index (κ1) is 15.8. The molecular weight excluding hydrogens is 258 g/mol. The van der Waals surface area contributed by atoms with Crippen LogP contribution in [0.4, 0.5) is 0 Å². The molecule has 1 N–H and O–H groups in total. The second-order valence-corrected chi connectivity index (χ2v) is 5.62. The first-order valence-corrected chi connectivity index (χ1v) is 7.89. The fourth-order valence-electron chi connectivity index (χ4n) is 2.95. The van der Waals surface area contributed by atoms with Gasteiger partial charge in [0.25, 0.3) is 0 Å². The van der Waals surface area contributed by atoms with Crippen LogP contribution in [-0.4, -0.2) is 16.8 Å². The molecule has 0 aliphatic heterocycles. The molecule has 3 heteroatoms. The second kappa shape index (κ2) is 6.90. The Morgan fingerprint density at radius 3 is 2.24 bits per heavy atom. The molecule has 3 nitrogen and oxygen atoms in total. The summed E-state index contributed by atoms with van der Waals surface area (Å²) in [6, 6.07) is 9.19. The maximum atomic E-state index is 4.70. The Morgan fingerprint density at radius 2 is 1.76 bits per heavy atom. The van der Waals surface area contributed by atoms with Crippen molar-refractivity contribution in [3.63, 3.8) is 0 Å². The van der Waals surface area contributed by atoms with E-state index >= 15 is 0 Å². The highest BCUT2D eigenvalue weighted by Gasteiger charge is 2.15. The van der Waals surface area contributed by atoms with Gasteiger partial charge in [-0.3, -0.25) is 4.68 Å². The van der Waals surface area contributed by atoms with Gasteiger partial charge in [0.05, 0.1) is 18.3 Å². The molecule has 1 atom stereocenters. The predicted molar refractivity (Wildman–Crippen MR) is 88.7 cm³/mol. The largest absolute Gasteiger partial charge is 0.311 e. The zero-order valence-electron chi connectivity index (χ0n) is 13.9. The van der Waals surface area contributed by atoms with Crippen molar-refractivity contribution in [2.24, 2.45) is 0 Å². The number of hydrogen-bond acceptors (Lipinski definition) is 2. The average molecular weight is 285 g/mol. The minimum absolute atomic E-state index is 0.290. The normalized spacial score (nSPS) is 12.6. The van der Waals surface area contributed by atoms with E-state index in [2.05, 4.69) is 62.0 Å². The van der Waals surface area contributed by atoms with Crippen LogP contribution >= 0.6 is 0 Å². The Bertz CT molecular complexity index is 581. The Morgan fingerprint density at radius 1 is 1.10 bits per heavy atom. The van der Waals surface area contributed by atoms with Crippen LogP contribution < -0.4 is 5.32 Å². The van der Waals surface area contributed by atoms with Crippen LogP contribution in [0.1, 0.15) is 48.0 Å². The van der Waals surface area contributed by atoms with Crippen LogP contribution in [0.5, 0.6) is 0 Å². The lowest BCUT2D eigenvalue weighted by molar-refractivity contribution is 0.459. The number of aromatic nitrogens is 2. The summed E-state index contributed by atoms with van der Waals surface area (Å²) in [6.07, 6.45) is 2.13. The lowest BCUT2D eigenvalue weighted by Crippen LogP contribution is -2.23. The van der Waals surface area contributed by atoms with Crippen molar-refractivity contribution in [3.8, 4) is 0 Å². The van der Waals surface area contributed by atoms with Gasteiger partial charge in [-0.1, -0.05) is 38.1 Å². The molecule has 0 spiro atoms. The molecule has 0 fully saturated rings. The average Bonchev–Trinajstić information content (AvgIpc) is 2.78. The SMILES string of the molecule is CCc1ccc(C(Cn2nc(C)c(CC)c2C)NC)cc1. The summed E-state index contributed by atoms with van der Waals surface area (Å²) in [4.78, 5) is 0. The summed E-state index contributed by atoms with van der Waals surface area (Å²) >= 11 is 0. The summed E-state index contributed by atoms with van der Waals surface area (Å²) in [5, 5.41) is 8.12. The molecule has 0 aliphatic carbocycles. The monoisotopic (exact) mass is 285 g/mol. The third kappa shape index (κ3) is 3.35. The highest BCUT2D eigenvalue weighted by molar-refractivity contribution is 5.27. The van der Waals surface area contributed by atoms with Gasteiger partial charge >= 0.3 is 0 Å². The van der Waals surface area contributed by atoms with Crippen LogP contribution in [0, 0.1) is 13.8 Å². The predicted octanol–water partition coefficient (Wildman–Crippen LogP) is 3.59. The van der Waals surface area contributed by atoms with Gasteiger partial charge in [0.2, 0.25) is 0 Å². The number of rotatable bonds is 6. The fourth-order valence-corrected chi connectivity index (χ4v) is 2.95. The molecule has 1 aromatic heterocycles. The van der Waals surface area contributed by atoms with Crippen LogP contribution in [0.2, 0.25) is 0 Å². The van der Waals surface area contributed by atoms with Gasteiger partial charge in [0, 0.05) is 5.69 Å². The minimum Gasteiger partial charge on any atom is -0.311 e. The molecule has 0 aliphatic rings. The zero-order chi connectivity index (χ0) is 15.4. The highest BCUT2D eigenvalue weighted by Crippen LogP contribution is 2.19. The highest BCUT2D eigenvalue weighted by atomic mass is 15.3. The molecule has 1 aromatic carbocycles. The molecule has 0 radical (unpaired) electrons. The first-order valence-electron chi connectivity index (χ1n) is 7.89. The minimum atomic E-state index is 0.290. The van der Waals surface area contributed by atoms with Gasteiger partial charge in [-0.2, -0.15) is 5.10 Å². The molecule has 1 unspecified atom stereocenters. The Hall–Kier alpha value is -1.61. The maximum Gasteiger partial charge on any atom is 0.0628 e. The van der Waals surface area contributed by atoms with Crippen molar-refractivity contribution in [1.29, 1.82) is 0 Å². The van der Waals surface area contributed by atoms with E-state index in [-0.39, 0.29) is 0 Å². The van der Waals surface area contributed by atoms with E-state index < -0.39 is 0 Å². The van der Waals surface area contributed by atoms with Crippen molar-refractivity contribution in [1.82, 2.24) is 15.1 Å². The number of likely N-dealkylation sites (N-methyl/N-ethyl adjacent to an activating group) is 1. The third-order valence-electron chi connectivity index (χ3n) is 4.38. The Labute approximate surface area is 128 Å². The van der Waals surface area contributed by atoms with Gasteiger partial charge in [-0.25, -0.2) is 0 Å². The van der Waals surface area contributed by atoms with Crippen molar-refractivity contribution < 1.29 is 0 Å². The standard InChI is InChI=1S/C18H27N3/c1-6-15-8-10-16(11-9-15)18(19-5)12-21-14(4)17(7-2)13(3)20-21/h8-11,18-19H,6-7,12H2,1-5H3. The van der Waals surface area contributed by atoms with Gasteiger partial charge in [0.15, 0.2) is 0 Å². The van der Waals surface area contributed by atoms with E-state index in [1.54, 1.807) is 0 Å². The van der Waals surface area contributed by atoms with E-state index in [0.717, 1.165) is 25.1 Å². The summed E-state index contributed by atoms with van der Waals surface area (Å²) in [5.41, 5.74) is 6.53. The van der Waals surface area contributed by atoms with Crippen molar-refractivity contribution in [2.45, 2.75) is 53.1 Å². The molecule has 0 saturated carbocycles. The number of nitrogens with one attached hydrogen (secondary N) is 1. The number of hydrogen-bond donors (Lipinski definition) is 1. The van der Waals surface area contributed by atoms with Gasteiger partial charge in [-0.15, -0.1) is 0 Å². The van der Waals surface area contributed by atoms with Crippen LogP contribution in [-0.2, 0) is 19.4 Å². The molecule has 2 rings (SSSR count). The third-order valence-corrected chi connectivity index (χ3v) is 4.38. The quantitative estimate of drug-likeness (QED) is 0.879. The van der Waals surface area contributed by atoms with E-state index in [1.807, 2.05) is 7.05 Å². The summed E-state index contributed by atoms with van der Waals surface area (Å²) in [6.45, 7) is 9.53. The van der Waals surface area contributed by atoms with Crippen LogP contribution in [0.3, 0.4) is 0 Å². The van der Waals surface area contributed by atoms with Crippen molar-refractivity contribution in [2.75, 3.05) is 7.05 Å². The molecule has 0 saturated heterocycles. The van der Waals surface area contributed by atoms with E-state index in [1.165, 1.54) is 22.4 Å². The topological polar surface area (TPSA) is 29.9 Å². The van der Waals surface area contributed by atoms with E-state index in [0.29, 0.717) is 6.04 Å². The lowest BCUT2D eigenvalue weighted by atomic mass is 10.0. The van der Waals surface area contributed by atoms with Gasteiger partial charge in [-0.05, 0) is 50.4 Å². The summed E-state index contributed by atoms with van der Waals surface area (Å²) < 4.78 is 2.14. The summed E-state index contributed by atoms with van der Waals surface area (Å²) in [7, 11) is 2.02. The number of benzene rings is 1. The summed E-state index contributed by atoms with van der Waals surface area (Å²) in [5.74, 6) is 0. The van der Waals surface area contributed by atoms with Gasteiger partial charge < -0.3 is 5.32 Å². The lowest BCUT2D eigenvalue weighted by Gasteiger charge is -2.18. The van der Waals surface area contributed by atoms with Crippen LogP contribution in [0.15, 0.2) is 24.3 Å². The van der Waals surface area contributed by atoms with E-state index in [4.69, 9.17) is 5.10 Å². The zero-order valence-corrected chi connectivity index (χ0v) is 13.9. The van der Waals surface area contributed by atoms with Crippen molar-refractivity contribution in [3.05, 3.63) is 52.3 Å². The number of aryl methyl sites for hydroxylation is 2. The van der Waals surface area contributed by atoms with Gasteiger partial charge in [0.1, 0.15) is 0 Å². The Kier molecular flexibility index (Phi) is 5.18. The smallest absolute Gasteiger partial charge is 0.0628 e. The molecule has 0 amide bonds. The fraction of sp³-hybridized carbons (Fsp3) is 0.500.